The van der Waals surface area contributed by atoms with Gasteiger partial charge in [-0.2, -0.15) is 5.10 Å². The summed E-state index contributed by atoms with van der Waals surface area (Å²) in [6.07, 6.45) is 4.00. The van der Waals surface area contributed by atoms with Crippen molar-refractivity contribution in [3.63, 3.8) is 0 Å². The Morgan fingerprint density at radius 2 is 1.91 bits per heavy atom. The number of hydrogen-bond donors (Lipinski definition) is 1. The number of fused-ring (bicyclic) bond motifs is 1. The zero-order valence-corrected chi connectivity index (χ0v) is 13.2. The summed E-state index contributed by atoms with van der Waals surface area (Å²) in [5.74, 6) is 0. The van der Waals surface area contributed by atoms with E-state index >= 15 is 0 Å². The Balaban J connectivity index is 1.75. The number of para-hydroxylation sites is 1. The molecule has 0 unspecified atom stereocenters. The van der Waals surface area contributed by atoms with Crippen molar-refractivity contribution in [3.8, 4) is 0 Å². The largest absolute Gasteiger partial charge is 0.347 e. The lowest BCUT2D eigenvalue weighted by Crippen LogP contribution is -2.05. The topological polar surface area (TPSA) is 29.3 Å². The summed E-state index contributed by atoms with van der Waals surface area (Å²) in [5, 5.41) is 6.30. The molecule has 3 rings (SSSR count). The Hall–Kier alpha value is -2.26. The quantitative estimate of drug-likeness (QED) is 0.548. The Labute approximate surface area is 135 Å². The number of hydrazone groups is 1. The van der Waals surface area contributed by atoms with Gasteiger partial charge in [0, 0.05) is 34.2 Å². The van der Waals surface area contributed by atoms with Crippen molar-refractivity contribution < 1.29 is 0 Å². The molecule has 1 aromatic heterocycles. The predicted molar refractivity (Wildman–Crippen MR) is 93.5 cm³/mol. The van der Waals surface area contributed by atoms with Crippen LogP contribution in [0.3, 0.4) is 0 Å². The van der Waals surface area contributed by atoms with Crippen molar-refractivity contribution in [2.24, 2.45) is 5.10 Å². The third-order valence-electron chi connectivity index (χ3n) is 3.68. The van der Waals surface area contributed by atoms with Crippen molar-refractivity contribution in [3.05, 3.63) is 70.9 Å². The Bertz CT molecular complexity index is 805. The molecule has 112 valence electrons. The molecule has 0 fully saturated rings. The van der Waals surface area contributed by atoms with Gasteiger partial charge in [-0.3, -0.25) is 0 Å². The summed E-state index contributed by atoms with van der Waals surface area (Å²) in [6, 6.07) is 16.1. The molecule has 0 amide bonds. The van der Waals surface area contributed by atoms with Crippen molar-refractivity contribution in [1.82, 2.24) is 9.99 Å². The van der Waals surface area contributed by atoms with Crippen LogP contribution in [0.4, 0.5) is 0 Å². The van der Waals surface area contributed by atoms with Crippen LogP contribution in [0.5, 0.6) is 0 Å². The van der Waals surface area contributed by atoms with Crippen LogP contribution in [-0.2, 0) is 13.1 Å². The monoisotopic (exact) mass is 311 g/mol. The lowest BCUT2D eigenvalue weighted by molar-refractivity contribution is 0.748. The van der Waals surface area contributed by atoms with Gasteiger partial charge in [0.1, 0.15) is 0 Å². The first-order valence-electron chi connectivity index (χ1n) is 7.37. The average Bonchev–Trinajstić information content (AvgIpc) is 2.91. The molecule has 0 spiro atoms. The molecule has 0 radical (unpaired) electrons. The number of rotatable bonds is 5. The Kier molecular flexibility index (Phi) is 4.45. The molecule has 0 atom stereocenters. The van der Waals surface area contributed by atoms with Gasteiger partial charge in [0.25, 0.3) is 0 Å². The number of aryl methyl sites for hydroxylation is 1. The fourth-order valence-corrected chi connectivity index (χ4v) is 2.73. The molecule has 0 bridgehead atoms. The van der Waals surface area contributed by atoms with Crippen LogP contribution >= 0.6 is 11.6 Å². The molecule has 0 saturated heterocycles. The normalized spacial score (nSPS) is 11.4. The predicted octanol–water partition coefficient (Wildman–Crippen LogP) is 4.44. The highest BCUT2D eigenvalue weighted by Gasteiger charge is 2.04. The van der Waals surface area contributed by atoms with Crippen LogP contribution < -0.4 is 5.43 Å². The SMILES string of the molecule is CCn1cc(/C=N\NCc2ccccc2Cl)c2ccccc21. The van der Waals surface area contributed by atoms with Gasteiger partial charge >= 0.3 is 0 Å². The maximum atomic E-state index is 6.13. The molecule has 22 heavy (non-hydrogen) atoms. The van der Waals surface area contributed by atoms with Crippen LogP contribution in [-0.4, -0.2) is 10.8 Å². The minimum Gasteiger partial charge on any atom is -0.347 e. The fourth-order valence-electron chi connectivity index (χ4n) is 2.53. The second-order valence-electron chi connectivity index (χ2n) is 5.07. The summed E-state index contributed by atoms with van der Waals surface area (Å²) >= 11 is 6.13. The molecular weight excluding hydrogens is 294 g/mol. The van der Waals surface area contributed by atoms with Gasteiger partial charge < -0.3 is 9.99 Å². The second kappa shape index (κ2) is 6.67. The second-order valence-corrected chi connectivity index (χ2v) is 5.48. The highest BCUT2D eigenvalue weighted by atomic mass is 35.5. The number of nitrogens with one attached hydrogen (secondary N) is 1. The van der Waals surface area contributed by atoms with Crippen LogP contribution in [0.1, 0.15) is 18.1 Å². The van der Waals surface area contributed by atoms with E-state index in [0.717, 1.165) is 22.7 Å². The van der Waals surface area contributed by atoms with Gasteiger partial charge in [-0.25, -0.2) is 0 Å². The first-order valence-corrected chi connectivity index (χ1v) is 7.74. The minimum absolute atomic E-state index is 0.614. The molecule has 4 heteroatoms. The first-order chi connectivity index (χ1) is 10.8. The van der Waals surface area contributed by atoms with Crippen molar-refractivity contribution in [2.75, 3.05) is 0 Å². The number of halogens is 1. The molecular formula is C18H18ClN3. The van der Waals surface area contributed by atoms with E-state index in [1.165, 1.54) is 10.9 Å². The van der Waals surface area contributed by atoms with Crippen LogP contribution in [0.15, 0.2) is 59.8 Å². The van der Waals surface area contributed by atoms with Gasteiger partial charge in [0.2, 0.25) is 0 Å². The Morgan fingerprint density at radius 3 is 2.73 bits per heavy atom. The van der Waals surface area contributed by atoms with Crippen LogP contribution in [0, 0.1) is 0 Å². The summed E-state index contributed by atoms with van der Waals surface area (Å²) < 4.78 is 2.23. The standard InChI is InChI=1S/C18H18ClN3/c1-2-22-13-15(16-8-4-6-10-18(16)22)12-21-20-11-14-7-3-5-9-17(14)19/h3-10,12-13,20H,2,11H2,1H3/b21-12-. The maximum absolute atomic E-state index is 6.13. The van der Waals surface area contributed by atoms with E-state index in [-0.39, 0.29) is 0 Å². The zero-order valence-electron chi connectivity index (χ0n) is 12.5. The maximum Gasteiger partial charge on any atom is 0.0594 e. The molecule has 1 heterocycles. The molecule has 3 nitrogen and oxygen atoms in total. The minimum atomic E-state index is 0.614. The van der Waals surface area contributed by atoms with Gasteiger partial charge in [-0.1, -0.05) is 48.0 Å². The molecule has 0 aliphatic carbocycles. The van der Waals surface area contributed by atoms with Gasteiger partial charge in [0.15, 0.2) is 0 Å². The lowest BCUT2D eigenvalue weighted by atomic mass is 10.2. The van der Waals surface area contributed by atoms with E-state index in [9.17, 15) is 0 Å². The smallest absolute Gasteiger partial charge is 0.0594 e. The van der Waals surface area contributed by atoms with E-state index < -0.39 is 0 Å². The molecule has 3 aromatic rings. The molecule has 1 N–H and O–H groups in total. The molecule has 0 saturated carbocycles. The summed E-state index contributed by atoms with van der Waals surface area (Å²) in [7, 11) is 0. The van der Waals surface area contributed by atoms with Crippen molar-refractivity contribution in [1.29, 1.82) is 0 Å². The van der Waals surface area contributed by atoms with Gasteiger partial charge in [-0.05, 0) is 24.6 Å². The fraction of sp³-hybridized carbons (Fsp3) is 0.167. The number of hydrogen-bond acceptors (Lipinski definition) is 2. The number of aromatic nitrogens is 1. The van der Waals surface area contributed by atoms with Crippen molar-refractivity contribution >= 4 is 28.7 Å². The van der Waals surface area contributed by atoms with Gasteiger partial charge in [-0.15, -0.1) is 0 Å². The molecule has 0 aliphatic heterocycles. The number of nitrogens with zero attached hydrogens (tertiary/aromatic N) is 2. The first kappa shape index (κ1) is 14.7. The molecule has 0 aliphatic rings. The highest BCUT2D eigenvalue weighted by Crippen LogP contribution is 2.19. The van der Waals surface area contributed by atoms with E-state index in [1.54, 1.807) is 0 Å². The van der Waals surface area contributed by atoms with E-state index in [2.05, 4.69) is 52.5 Å². The van der Waals surface area contributed by atoms with Crippen LogP contribution in [0.2, 0.25) is 5.02 Å². The van der Waals surface area contributed by atoms with Crippen LogP contribution in [0.25, 0.3) is 10.9 Å². The van der Waals surface area contributed by atoms with E-state index in [4.69, 9.17) is 11.6 Å². The summed E-state index contributed by atoms with van der Waals surface area (Å²) in [4.78, 5) is 0. The Morgan fingerprint density at radius 1 is 1.14 bits per heavy atom. The third-order valence-corrected chi connectivity index (χ3v) is 4.05. The zero-order chi connectivity index (χ0) is 15.4. The van der Waals surface area contributed by atoms with E-state index in [0.29, 0.717) is 6.54 Å². The average molecular weight is 312 g/mol. The van der Waals surface area contributed by atoms with E-state index in [1.807, 2.05) is 30.5 Å². The molecule has 2 aromatic carbocycles. The third kappa shape index (κ3) is 3.00. The summed E-state index contributed by atoms with van der Waals surface area (Å²) in [6.45, 7) is 3.70. The number of benzene rings is 2. The highest BCUT2D eigenvalue weighted by molar-refractivity contribution is 6.31. The summed E-state index contributed by atoms with van der Waals surface area (Å²) in [5.41, 5.74) is 6.45. The van der Waals surface area contributed by atoms with Gasteiger partial charge in [0.05, 0.1) is 12.8 Å². The lowest BCUT2D eigenvalue weighted by Gasteiger charge is -2.02. The van der Waals surface area contributed by atoms with Crippen molar-refractivity contribution in [2.45, 2.75) is 20.0 Å².